The predicted octanol–water partition coefficient (Wildman–Crippen LogP) is 2.74. The van der Waals surface area contributed by atoms with Crippen molar-refractivity contribution in [2.45, 2.75) is 25.8 Å². The zero-order valence-corrected chi connectivity index (χ0v) is 13.7. The van der Waals surface area contributed by atoms with E-state index in [0.717, 1.165) is 17.2 Å². The van der Waals surface area contributed by atoms with Gasteiger partial charge in [-0.05, 0) is 24.9 Å². The Morgan fingerprint density at radius 1 is 1.22 bits per heavy atom. The Labute approximate surface area is 136 Å². The smallest absolute Gasteiger partial charge is 0.293 e. The molecule has 0 saturated heterocycles. The summed E-state index contributed by atoms with van der Waals surface area (Å²) in [6.45, 7) is 1.98. The van der Waals surface area contributed by atoms with Gasteiger partial charge in [0.1, 0.15) is 5.75 Å². The van der Waals surface area contributed by atoms with Crippen molar-refractivity contribution in [2.24, 2.45) is 0 Å². The van der Waals surface area contributed by atoms with Crippen molar-refractivity contribution in [3.05, 3.63) is 36.4 Å². The topological polar surface area (TPSA) is 67.4 Å². The largest absolute Gasteiger partial charge is 0.496 e. The van der Waals surface area contributed by atoms with E-state index in [1.807, 2.05) is 37.3 Å². The van der Waals surface area contributed by atoms with Crippen LogP contribution in [-0.2, 0) is 9.59 Å². The highest BCUT2D eigenvalue weighted by molar-refractivity contribution is 6.42. The molecule has 2 aromatic carbocycles. The van der Waals surface area contributed by atoms with Gasteiger partial charge in [-0.1, -0.05) is 37.6 Å². The van der Waals surface area contributed by atoms with Crippen molar-refractivity contribution >= 4 is 28.2 Å². The molecule has 1 atom stereocenters. The number of methoxy groups -OCH3 is 1. The first kappa shape index (κ1) is 17.0. The van der Waals surface area contributed by atoms with Gasteiger partial charge < -0.3 is 15.4 Å². The lowest BCUT2D eigenvalue weighted by molar-refractivity contribution is -0.136. The first-order valence-corrected chi connectivity index (χ1v) is 7.70. The van der Waals surface area contributed by atoms with Crippen LogP contribution in [0.2, 0.25) is 0 Å². The van der Waals surface area contributed by atoms with Crippen LogP contribution in [0.25, 0.3) is 10.8 Å². The van der Waals surface area contributed by atoms with Crippen LogP contribution in [0.4, 0.5) is 5.69 Å². The molecule has 0 aliphatic carbocycles. The number of ether oxygens (including phenoxy) is 1. The average molecular weight is 314 g/mol. The maximum absolute atomic E-state index is 12.2. The second-order valence-electron chi connectivity index (χ2n) is 5.35. The van der Waals surface area contributed by atoms with E-state index in [1.54, 1.807) is 20.2 Å². The number of hydrogen-bond donors (Lipinski definition) is 2. The monoisotopic (exact) mass is 314 g/mol. The number of likely N-dealkylation sites (N-methyl/N-ethyl adjacent to an activating group) is 1. The van der Waals surface area contributed by atoms with Crippen LogP contribution in [-0.4, -0.2) is 31.9 Å². The number of nitrogens with one attached hydrogen (secondary N) is 2. The molecule has 2 aromatic rings. The SMILES string of the molecule is CCCC(NC)C(=O)C(=O)Nc1cc(OC)c2ccccc2c1. The third-order valence-electron chi connectivity index (χ3n) is 3.77. The molecule has 1 unspecified atom stereocenters. The third kappa shape index (κ3) is 3.87. The minimum Gasteiger partial charge on any atom is -0.496 e. The average Bonchev–Trinajstić information content (AvgIpc) is 2.58. The van der Waals surface area contributed by atoms with E-state index in [9.17, 15) is 9.59 Å². The molecule has 0 aromatic heterocycles. The number of ketones is 1. The van der Waals surface area contributed by atoms with Crippen LogP contribution in [0.3, 0.4) is 0 Å². The lowest BCUT2D eigenvalue weighted by Crippen LogP contribution is -2.41. The third-order valence-corrected chi connectivity index (χ3v) is 3.77. The molecule has 2 N–H and O–H groups in total. The zero-order chi connectivity index (χ0) is 16.8. The Morgan fingerprint density at radius 3 is 2.61 bits per heavy atom. The summed E-state index contributed by atoms with van der Waals surface area (Å²) in [4.78, 5) is 24.4. The molecule has 0 fully saturated rings. The van der Waals surface area contributed by atoms with Crippen LogP contribution in [0.15, 0.2) is 36.4 Å². The van der Waals surface area contributed by atoms with Crippen LogP contribution in [0, 0.1) is 0 Å². The van der Waals surface area contributed by atoms with E-state index in [2.05, 4.69) is 10.6 Å². The van der Waals surface area contributed by atoms with E-state index in [1.165, 1.54) is 0 Å². The fourth-order valence-corrected chi connectivity index (χ4v) is 2.56. The maximum atomic E-state index is 12.2. The van der Waals surface area contributed by atoms with Gasteiger partial charge in [-0.2, -0.15) is 0 Å². The van der Waals surface area contributed by atoms with Gasteiger partial charge in [0.15, 0.2) is 0 Å². The van der Waals surface area contributed by atoms with Crippen molar-refractivity contribution in [3.63, 3.8) is 0 Å². The Kier molecular flexibility index (Phi) is 5.71. The van der Waals surface area contributed by atoms with Gasteiger partial charge in [0.2, 0.25) is 5.78 Å². The molecule has 5 heteroatoms. The van der Waals surface area contributed by atoms with Crippen LogP contribution >= 0.6 is 0 Å². The van der Waals surface area contributed by atoms with Crippen LogP contribution in [0.1, 0.15) is 19.8 Å². The lowest BCUT2D eigenvalue weighted by Gasteiger charge is -2.14. The number of benzene rings is 2. The van der Waals surface area contributed by atoms with Gasteiger partial charge in [0, 0.05) is 17.1 Å². The number of carbonyl (C=O) groups excluding carboxylic acids is 2. The number of Topliss-reactive ketones (excluding diaryl/α,β-unsaturated/α-hetero) is 1. The quantitative estimate of drug-likeness (QED) is 0.771. The van der Waals surface area contributed by atoms with Crippen LogP contribution in [0.5, 0.6) is 5.75 Å². The van der Waals surface area contributed by atoms with Crippen molar-refractivity contribution in [3.8, 4) is 5.75 Å². The van der Waals surface area contributed by atoms with E-state index >= 15 is 0 Å². The number of hydrogen-bond acceptors (Lipinski definition) is 4. The Bertz CT molecular complexity index is 712. The molecule has 1 amide bonds. The summed E-state index contributed by atoms with van der Waals surface area (Å²) in [6.07, 6.45) is 1.46. The zero-order valence-electron chi connectivity index (χ0n) is 13.7. The van der Waals surface area contributed by atoms with Gasteiger partial charge in [0.25, 0.3) is 5.91 Å². The number of rotatable bonds is 7. The maximum Gasteiger partial charge on any atom is 0.293 e. The standard InChI is InChI=1S/C18H22N2O3/c1-4-7-15(19-2)17(21)18(22)20-13-10-12-8-5-6-9-14(12)16(11-13)23-3/h5-6,8-11,15,19H,4,7H2,1-3H3,(H,20,22). The van der Waals surface area contributed by atoms with E-state index in [4.69, 9.17) is 4.74 Å². The fraction of sp³-hybridized carbons (Fsp3) is 0.333. The molecule has 122 valence electrons. The highest BCUT2D eigenvalue weighted by Crippen LogP contribution is 2.29. The molecule has 5 nitrogen and oxygen atoms in total. The number of fused-ring (bicyclic) bond motifs is 1. The van der Waals surface area contributed by atoms with Crippen LogP contribution < -0.4 is 15.4 Å². The minimum absolute atomic E-state index is 0.456. The molecule has 0 radical (unpaired) electrons. The Morgan fingerprint density at radius 2 is 1.96 bits per heavy atom. The van der Waals surface area contributed by atoms with E-state index in [0.29, 0.717) is 17.9 Å². The van der Waals surface area contributed by atoms with Gasteiger partial charge in [-0.3, -0.25) is 9.59 Å². The summed E-state index contributed by atoms with van der Waals surface area (Å²) in [6, 6.07) is 10.8. The minimum atomic E-state index is -0.616. The summed E-state index contributed by atoms with van der Waals surface area (Å²) < 4.78 is 5.37. The number of carbonyl (C=O) groups is 2. The fourth-order valence-electron chi connectivity index (χ4n) is 2.56. The molecule has 23 heavy (non-hydrogen) atoms. The van der Waals surface area contributed by atoms with Gasteiger partial charge in [-0.15, -0.1) is 0 Å². The molecule has 0 bridgehead atoms. The lowest BCUT2D eigenvalue weighted by atomic mass is 10.1. The number of amides is 1. The first-order valence-electron chi connectivity index (χ1n) is 7.70. The summed E-state index contributed by atoms with van der Waals surface area (Å²) in [5, 5.41) is 7.45. The molecular formula is C18H22N2O3. The molecule has 0 spiro atoms. The van der Waals surface area contributed by atoms with Crippen molar-refractivity contribution in [1.82, 2.24) is 5.32 Å². The predicted molar refractivity (Wildman–Crippen MR) is 91.9 cm³/mol. The Hall–Kier alpha value is -2.40. The molecule has 0 aliphatic rings. The highest BCUT2D eigenvalue weighted by atomic mass is 16.5. The van der Waals surface area contributed by atoms with Crippen molar-refractivity contribution < 1.29 is 14.3 Å². The van der Waals surface area contributed by atoms with Crippen molar-refractivity contribution in [2.75, 3.05) is 19.5 Å². The molecular weight excluding hydrogens is 292 g/mol. The molecule has 0 aliphatic heterocycles. The summed E-state index contributed by atoms with van der Waals surface area (Å²) >= 11 is 0. The Balaban J connectivity index is 2.24. The van der Waals surface area contributed by atoms with Gasteiger partial charge in [-0.25, -0.2) is 0 Å². The summed E-state index contributed by atoms with van der Waals surface area (Å²) in [5.74, 6) is -0.416. The van der Waals surface area contributed by atoms with E-state index < -0.39 is 17.7 Å². The summed E-state index contributed by atoms with van der Waals surface area (Å²) in [5.41, 5.74) is 0.547. The molecule has 0 heterocycles. The van der Waals surface area contributed by atoms with E-state index in [-0.39, 0.29) is 0 Å². The van der Waals surface area contributed by atoms with Gasteiger partial charge in [0.05, 0.1) is 13.2 Å². The van der Waals surface area contributed by atoms with Crippen molar-refractivity contribution in [1.29, 1.82) is 0 Å². The second-order valence-corrected chi connectivity index (χ2v) is 5.35. The molecule has 0 saturated carbocycles. The normalized spacial score (nSPS) is 12.0. The molecule has 2 rings (SSSR count). The van der Waals surface area contributed by atoms with Gasteiger partial charge >= 0.3 is 0 Å². The second kappa shape index (κ2) is 7.74. The number of anilines is 1. The summed E-state index contributed by atoms with van der Waals surface area (Å²) in [7, 11) is 3.27. The highest BCUT2D eigenvalue weighted by Gasteiger charge is 2.23. The first-order chi connectivity index (χ1) is 11.1.